The molecule has 0 bridgehead atoms. The standard InChI is InChI=1S/C25H29N5O2/c31-25(32)23(19-5-2-1-3-6-19)29-14-12-22(17-29)30-16-18(15-27-30)8-10-21-11-9-20-7-4-13-26-24(20)28-21/h1-3,5-6,9,11,15-16,22-23H,4,7-8,10,12-14,17H2,(H,26,28)(H,31,32)/t22-,23+/m1/s1. The number of hydrogen-bond donors (Lipinski definition) is 2. The molecule has 0 radical (unpaired) electrons. The summed E-state index contributed by atoms with van der Waals surface area (Å²) in [5.41, 5.74) is 4.43. The third-order valence-corrected chi connectivity index (χ3v) is 6.56. The number of likely N-dealkylation sites (tertiary alicyclic amines) is 1. The van der Waals surface area contributed by atoms with E-state index in [1.54, 1.807) is 0 Å². The van der Waals surface area contributed by atoms with Gasteiger partial charge in [-0.25, -0.2) is 4.98 Å². The zero-order valence-electron chi connectivity index (χ0n) is 18.2. The normalized spacial score (nSPS) is 19.3. The van der Waals surface area contributed by atoms with E-state index in [0.29, 0.717) is 6.54 Å². The van der Waals surface area contributed by atoms with E-state index in [1.165, 1.54) is 17.5 Å². The molecule has 5 rings (SSSR count). The van der Waals surface area contributed by atoms with Crippen LogP contribution in [0.25, 0.3) is 0 Å². The van der Waals surface area contributed by atoms with Crippen LogP contribution in [-0.4, -0.2) is 50.4 Å². The van der Waals surface area contributed by atoms with Crippen LogP contribution < -0.4 is 5.32 Å². The molecule has 2 atom stereocenters. The molecule has 0 aliphatic carbocycles. The number of anilines is 1. The van der Waals surface area contributed by atoms with Gasteiger partial charge in [-0.05, 0) is 54.9 Å². The fraction of sp³-hybridized carbons (Fsp3) is 0.400. The van der Waals surface area contributed by atoms with Crippen LogP contribution in [0.15, 0.2) is 54.9 Å². The lowest BCUT2D eigenvalue weighted by molar-refractivity contribution is -0.143. The number of hydrogen-bond acceptors (Lipinski definition) is 5. The zero-order chi connectivity index (χ0) is 21.9. The number of carboxylic acid groups (broad SMARTS) is 1. The summed E-state index contributed by atoms with van der Waals surface area (Å²) >= 11 is 0. The Kier molecular flexibility index (Phi) is 5.90. The number of nitrogens with zero attached hydrogens (tertiary/aromatic N) is 4. The highest BCUT2D eigenvalue weighted by atomic mass is 16.4. The minimum absolute atomic E-state index is 0.195. The lowest BCUT2D eigenvalue weighted by Crippen LogP contribution is -2.32. The van der Waals surface area contributed by atoms with Crippen molar-refractivity contribution in [1.82, 2.24) is 19.7 Å². The van der Waals surface area contributed by atoms with Crippen LogP contribution in [0.2, 0.25) is 0 Å². The summed E-state index contributed by atoms with van der Waals surface area (Å²) in [4.78, 5) is 18.8. The van der Waals surface area contributed by atoms with E-state index in [9.17, 15) is 9.90 Å². The van der Waals surface area contributed by atoms with Gasteiger partial charge in [0.15, 0.2) is 0 Å². The number of pyridine rings is 1. The van der Waals surface area contributed by atoms with Crippen molar-refractivity contribution < 1.29 is 9.90 Å². The molecule has 2 aliphatic rings. The molecule has 166 valence electrons. The molecule has 1 fully saturated rings. The molecule has 2 N–H and O–H groups in total. The molecule has 3 aromatic rings. The number of carboxylic acids is 1. The molecule has 0 spiro atoms. The fourth-order valence-electron chi connectivity index (χ4n) is 4.85. The van der Waals surface area contributed by atoms with Gasteiger partial charge in [0.05, 0.1) is 12.2 Å². The van der Waals surface area contributed by atoms with Crippen molar-refractivity contribution in [2.24, 2.45) is 0 Å². The Morgan fingerprint density at radius 1 is 1.19 bits per heavy atom. The van der Waals surface area contributed by atoms with Gasteiger partial charge in [-0.2, -0.15) is 5.10 Å². The summed E-state index contributed by atoms with van der Waals surface area (Å²) in [5, 5.41) is 17.8. The topological polar surface area (TPSA) is 83.3 Å². The Bertz CT molecular complexity index is 1080. The molecule has 1 saturated heterocycles. The molecular formula is C25H29N5O2. The Morgan fingerprint density at radius 3 is 2.91 bits per heavy atom. The molecule has 7 heteroatoms. The molecule has 2 aliphatic heterocycles. The maximum atomic E-state index is 12.0. The molecule has 2 aromatic heterocycles. The average Bonchev–Trinajstić information content (AvgIpc) is 3.48. The van der Waals surface area contributed by atoms with Crippen molar-refractivity contribution in [2.75, 3.05) is 25.0 Å². The maximum absolute atomic E-state index is 12.0. The third-order valence-electron chi connectivity index (χ3n) is 6.56. The number of nitrogens with one attached hydrogen (secondary N) is 1. The Hall–Kier alpha value is -3.19. The second kappa shape index (κ2) is 9.12. The highest BCUT2D eigenvalue weighted by molar-refractivity contribution is 5.75. The van der Waals surface area contributed by atoms with Gasteiger partial charge in [0.2, 0.25) is 0 Å². The van der Waals surface area contributed by atoms with Crippen LogP contribution >= 0.6 is 0 Å². The monoisotopic (exact) mass is 431 g/mol. The SMILES string of the molecule is O=C(O)[C@H](c1ccccc1)N1CC[C@@H](n2cc(CCc3ccc4c(n3)NCCC4)cn2)C1. The first-order valence-electron chi connectivity index (χ1n) is 11.4. The quantitative estimate of drug-likeness (QED) is 0.596. The predicted molar refractivity (Wildman–Crippen MR) is 123 cm³/mol. The summed E-state index contributed by atoms with van der Waals surface area (Å²) in [7, 11) is 0. The summed E-state index contributed by atoms with van der Waals surface area (Å²) in [6.07, 6.45) is 9.00. The number of aromatic nitrogens is 3. The Balaban J connectivity index is 1.21. The molecule has 1 aromatic carbocycles. The fourth-order valence-corrected chi connectivity index (χ4v) is 4.85. The van der Waals surface area contributed by atoms with Gasteiger partial charge in [0.1, 0.15) is 11.9 Å². The lowest BCUT2D eigenvalue weighted by Gasteiger charge is -2.24. The number of benzene rings is 1. The van der Waals surface area contributed by atoms with Crippen LogP contribution in [0, 0.1) is 0 Å². The third kappa shape index (κ3) is 4.39. The van der Waals surface area contributed by atoms with Crippen LogP contribution in [0.4, 0.5) is 5.82 Å². The lowest BCUT2D eigenvalue weighted by atomic mass is 10.1. The predicted octanol–water partition coefficient (Wildman–Crippen LogP) is 3.49. The number of carbonyl (C=O) groups is 1. The first-order valence-corrected chi connectivity index (χ1v) is 11.4. The second-order valence-electron chi connectivity index (χ2n) is 8.76. The summed E-state index contributed by atoms with van der Waals surface area (Å²) in [6.45, 7) is 2.43. The zero-order valence-corrected chi connectivity index (χ0v) is 18.2. The van der Waals surface area contributed by atoms with Crippen molar-refractivity contribution in [3.8, 4) is 0 Å². The molecule has 0 amide bonds. The highest BCUT2D eigenvalue weighted by Gasteiger charge is 2.34. The van der Waals surface area contributed by atoms with Crippen LogP contribution in [-0.2, 0) is 24.1 Å². The molecule has 0 unspecified atom stereocenters. The number of fused-ring (bicyclic) bond motifs is 1. The highest BCUT2D eigenvalue weighted by Crippen LogP contribution is 2.30. The van der Waals surface area contributed by atoms with Crippen LogP contribution in [0.5, 0.6) is 0 Å². The van der Waals surface area contributed by atoms with E-state index in [-0.39, 0.29) is 6.04 Å². The van der Waals surface area contributed by atoms with Gasteiger partial charge in [-0.15, -0.1) is 0 Å². The van der Waals surface area contributed by atoms with Crippen molar-refractivity contribution in [1.29, 1.82) is 0 Å². The van der Waals surface area contributed by atoms with Crippen molar-refractivity contribution in [3.63, 3.8) is 0 Å². The van der Waals surface area contributed by atoms with E-state index >= 15 is 0 Å². The van der Waals surface area contributed by atoms with Gasteiger partial charge in [-0.1, -0.05) is 36.4 Å². The largest absolute Gasteiger partial charge is 0.480 e. The van der Waals surface area contributed by atoms with Gasteiger partial charge in [-0.3, -0.25) is 14.4 Å². The first-order chi connectivity index (χ1) is 15.7. The smallest absolute Gasteiger partial charge is 0.325 e. The molecule has 0 saturated carbocycles. The average molecular weight is 432 g/mol. The van der Waals surface area contributed by atoms with Crippen LogP contribution in [0.1, 0.15) is 47.3 Å². The number of rotatable bonds is 7. The van der Waals surface area contributed by atoms with E-state index in [0.717, 1.165) is 55.8 Å². The summed E-state index contributed by atoms with van der Waals surface area (Å²) in [5.74, 6) is 0.243. The second-order valence-corrected chi connectivity index (χ2v) is 8.76. The van der Waals surface area contributed by atoms with Crippen molar-refractivity contribution in [2.45, 2.75) is 44.2 Å². The van der Waals surface area contributed by atoms with E-state index in [4.69, 9.17) is 4.98 Å². The summed E-state index contributed by atoms with van der Waals surface area (Å²) in [6, 6.07) is 13.4. The van der Waals surface area contributed by atoms with Gasteiger partial charge < -0.3 is 10.4 Å². The molecule has 7 nitrogen and oxygen atoms in total. The summed E-state index contributed by atoms with van der Waals surface area (Å²) < 4.78 is 2.01. The molecular weight excluding hydrogens is 402 g/mol. The van der Waals surface area contributed by atoms with Gasteiger partial charge >= 0.3 is 5.97 Å². The van der Waals surface area contributed by atoms with Crippen LogP contribution in [0.3, 0.4) is 0 Å². The molecule has 32 heavy (non-hydrogen) atoms. The minimum atomic E-state index is -0.801. The Labute approximate surface area is 188 Å². The van der Waals surface area contributed by atoms with E-state index < -0.39 is 12.0 Å². The van der Waals surface area contributed by atoms with E-state index in [2.05, 4.69) is 28.7 Å². The Morgan fingerprint density at radius 2 is 2.06 bits per heavy atom. The van der Waals surface area contributed by atoms with Crippen molar-refractivity contribution >= 4 is 11.8 Å². The minimum Gasteiger partial charge on any atom is -0.480 e. The number of aliphatic carboxylic acids is 1. The first kappa shape index (κ1) is 20.7. The maximum Gasteiger partial charge on any atom is 0.325 e. The van der Waals surface area contributed by atoms with Crippen molar-refractivity contribution in [3.05, 3.63) is 77.2 Å². The van der Waals surface area contributed by atoms with Gasteiger partial charge in [0, 0.05) is 31.5 Å². The molecule has 4 heterocycles. The number of aryl methyl sites for hydroxylation is 3. The van der Waals surface area contributed by atoms with E-state index in [1.807, 2.05) is 46.1 Å². The van der Waals surface area contributed by atoms with Gasteiger partial charge in [0.25, 0.3) is 0 Å².